The van der Waals surface area contributed by atoms with Gasteiger partial charge in [-0.2, -0.15) is 5.26 Å². The second-order valence-corrected chi connectivity index (χ2v) is 5.40. The molecule has 0 radical (unpaired) electrons. The van der Waals surface area contributed by atoms with Crippen LogP contribution in [0.15, 0.2) is 47.4 Å². The quantitative estimate of drug-likeness (QED) is 0.875. The molecule has 0 spiro atoms. The van der Waals surface area contributed by atoms with Crippen LogP contribution in [0.25, 0.3) is 0 Å². The zero-order chi connectivity index (χ0) is 13.8. The monoisotopic (exact) mass is 274 g/mol. The molecular weight excluding hydrogens is 263 g/mol. The van der Waals surface area contributed by atoms with E-state index in [4.69, 9.17) is 11.0 Å². The van der Waals surface area contributed by atoms with Crippen molar-refractivity contribution in [3.05, 3.63) is 59.4 Å². The molecular formula is C14H11FN2OS. The predicted molar refractivity (Wildman–Crippen MR) is 72.1 cm³/mol. The van der Waals surface area contributed by atoms with Gasteiger partial charge in [0.1, 0.15) is 5.82 Å². The zero-order valence-corrected chi connectivity index (χ0v) is 10.8. The highest BCUT2D eigenvalue weighted by Gasteiger charge is 2.10. The molecule has 2 N–H and O–H groups in total. The van der Waals surface area contributed by atoms with Crippen LogP contribution in [0.2, 0.25) is 0 Å². The molecule has 3 nitrogen and oxygen atoms in total. The molecule has 0 aromatic heterocycles. The van der Waals surface area contributed by atoms with Gasteiger partial charge in [-0.1, -0.05) is 12.1 Å². The highest BCUT2D eigenvalue weighted by molar-refractivity contribution is 7.84. The summed E-state index contributed by atoms with van der Waals surface area (Å²) in [4.78, 5) is 0.406. The third-order valence-electron chi connectivity index (χ3n) is 2.57. The molecule has 1 atom stereocenters. The van der Waals surface area contributed by atoms with Crippen molar-refractivity contribution in [3.8, 4) is 6.07 Å². The highest BCUT2D eigenvalue weighted by Crippen LogP contribution is 2.20. The Labute approximate surface area is 112 Å². The van der Waals surface area contributed by atoms with E-state index in [1.807, 2.05) is 6.07 Å². The number of rotatable bonds is 3. The average Bonchev–Trinajstić information content (AvgIpc) is 2.38. The van der Waals surface area contributed by atoms with Crippen LogP contribution in [-0.2, 0) is 16.6 Å². The van der Waals surface area contributed by atoms with Crippen LogP contribution in [0.3, 0.4) is 0 Å². The van der Waals surface area contributed by atoms with Gasteiger partial charge < -0.3 is 5.73 Å². The normalized spacial score (nSPS) is 11.8. The summed E-state index contributed by atoms with van der Waals surface area (Å²) in [6.45, 7) is 0. The molecule has 19 heavy (non-hydrogen) atoms. The molecule has 0 amide bonds. The van der Waals surface area contributed by atoms with Gasteiger partial charge in [-0.15, -0.1) is 0 Å². The first-order valence-corrected chi connectivity index (χ1v) is 6.84. The van der Waals surface area contributed by atoms with Crippen molar-refractivity contribution in [2.24, 2.45) is 0 Å². The fourth-order valence-corrected chi connectivity index (χ4v) is 2.87. The molecule has 2 aromatic rings. The van der Waals surface area contributed by atoms with Gasteiger partial charge in [0.25, 0.3) is 0 Å². The van der Waals surface area contributed by atoms with E-state index in [1.165, 1.54) is 12.1 Å². The molecule has 0 aliphatic heterocycles. The van der Waals surface area contributed by atoms with E-state index in [-0.39, 0.29) is 11.4 Å². The van der Waals surface area contributed by atoms with E-state index in [9.17, 15) is 8.60 Å². The van der Waals surface area contributed by atoms with Crippen molar-refractivity contribution in [3.63, 3.8) is 0 Å². The van der Waals surface area contributed by atoms with Gasteiger partial charge in [0.2, 0.25) is 0 Å². The molecule has 0 fully saturated rings. The van der Waals surface area contributed by atoms with Gasteiger partial charge >= 0.3 is 0 Å². The standard InChI is InChI=1S/C14H11FN2OS/c15-12-4-5-14(13(17)7-12)19(18)9-11-3-1-2-10(6-11)8-16/h1-7H,9,17H2. The number of halogens is 1. The van der Waals surface area contributed by atoms with Crippen LogP contribution in [0.1, 0.15) is 11.1 Å². The lowest BCUT2D eigenvalue weighted by atomic mass is 10.2. The number of nitriles is 1. The maximum atomic E-state index is 12.9. The Hall–Kier alpha value is -2.19. The van der Waals surface area contributed by atoms with Gasteiger partial charge in [-0.3, -0.25) is 4.21 Å². The second-order valence-electron chi connectivity index (χ2n) is 3.98. The van der Waals surface area contributed by atoms with Crippen LogP contribution < -0.4 is 5.73 Å². The first-order valence-electron chi connectivity index (χ1n) is 5.52. The van der Waals surface area contributed by atoms with Crippen molar-refractivity contribution < 1.29 is 8.60 Å². The summed E-state index contributed by atoms with van der Waals surface area (Å²) in [6.07, 6.45) is 0. The molecule has 2 rings (SSSR count). The topological polar surface area (TPSA) is 66.9 Å². The van der Waals surface area contributed by atoms with Crippen LogP contribution in [0, 0.1) is 17.1 Å². The number of hydrogen-bond donors (Lipinski definition) is 1. The van der Waals surface area contributed by atoms with Crippen LogP contribution in [-0.4, -0.2) is 4.21 Å². The van der Waals surface area contributed by atoms with E-state index in [0.717, 1.165) is 11.6 Å². The van der Waals surface area contributed by atoms with Crippen LogP contribution in [0.5, 0.6) is 0 Å². The van der Waals surface area contributed by atoms with E-state index in [2.05, 4.69) is 0 Å². The molecule has 0 saturated carbocycles. The Morgan fingerprint density at radius 3 is 2.74 bits per heavy atom. The molecule has 2 aromatic carbocycles. The minimum Gasteiger partial charge on any atom is -0.398 e. The fourth-order valence-electron chi connectivity index (χ4n) is 1.69. The summed E-state index contributed by atoms with van der Waals surface area (Å²) in [5, 5.41) is 8.80. The van der Waals surface area contributed by atoms with E-state index < -0.39 is 16.6 Å². The molecule has 0 aliphatic carbocycles. The fraction of sp³-hybridized carbons (Fsp3) is 0.0714. The molecule has 0 saturated heterocycles. The Morgan fingerprint density at radius 1 is 1.26 bits per heavy atom. The SMILES string of the molecule is N#Cc1cccc(CS(=O)c2ccc(F)cc2N)c1. The van der Waals surface area contributed by atoms with Crippen molar-refractivity contribution in [1.29, 1.82) is 5.26 Å². The van der Waals surface area contributed by atoms with Crippen molar-refractivity contribution in [1.82, 2.24) is 0 Å². The molecule has 0 bridgehead atoms. The number of nitrogens with two attached hydrogens (primary N) is 1. The van der Waals surface area contributed by atoms with Gasteiger partial charge in [-0.05, 0) is 35.9 Å². The molecule has 0 aliphatic rings. The predicted octanol–water partition coefficient (Wildman–Crippen LogP) is 2.59. The minimum absolute atomic E-state index is 0.176. The van der Waals surface area contributed by atoms with Crippen molar-refractivity contribution >= 4 is 16.5 Å². The number of hydrogen-bond acceptors (Lipinski definition) is 3. The van der Waals surface area contributed by atoms with Gasteiger partial charge in [0, 0.05) is 0 Å². The van der Waals surface area contributed by atoms with E-state index in [1.54, 1.807) is 24.3 Å². The van der Waals surface area contributed by atoms with Crippen molar-refractivity contribution in [2.75, 3.05) is 5.73 Å². The second kappa shape index (κ2) is 5.63. The van der Waals surface area contributed by atoms with Gasteiger partial charge in [0.05, 0.1) is 38.8 Å². The Morgan fingerprint density at radius 2 is 2.05 bits per heavy atom. The average molecular weight is 274 g/mol. The lowest BCUT2D eigenvalue weighted by Crippen LogP contribution is -2.01. The Kier molecular flexibility index (Phi) is 3.93. The summed E-state index contributed by atoms with van der Waals surface area (Å²) < 4.78 is 25.1. The molecule has 0 heterocycles. The lowest BCUT2D eigenvalue weighted by Gasteiger charge is -2.06. The molecule has 5 heteroatoms. The van der Waals surface area contributed by atoms with Gasteiger partial charge in [-0.25, -0.2) is 4.39 Å². The minimum atomic E-state index is -1.37. The highest BCUT2D eigenvalue weighted by atomic mass is 32.2. The van der Waals surface area contributed by atoms with Gasteiger partial charge in [0.15, 0.2) is 0 Å². The smallest absolute Gasteiger partial charge is 0.125 e. The lowest BCUT2D eigenvalue weighted by molar-refractivity contribution is 0.627. The third-order valence-corrected chi connectivity index (χ3v) is 4.03. The number of anilines is 1. The summed E-state index contributed by atoms with van der Waals surface area (Å²) in [6, 6.07) is 12.7. The first-order chi connectivity index (χ1) is 9.10. The largest absolute Gasteiger partial charge is 0.398 e. The summed E-state index contributed by atoms with van der Waals surface area (Å²) in [7, 11) is -1.37. The van der Waals surface area contributed by atoms with Crippen LogP contribution >= 0.6 is 0 Å². The number of nitrogens with zero attached hydrogens (tertiary/aromatic N) is 1. The van der Waals surface area contributed by atoms with E-state index >= 15 is 0 Å². The Bertz CT molecular complexity index is 679. The molecule has 96 valence electrons. The summed E-state index contributed by atoms with van der Waals surface area (Å²) in [5.74, 6) is -0.213. The number of nitrogen functional groups attached to an aromatic ring is 1. The summed E-state index contributed by atoms with van der Waals surface area (Å²) in [5.41, 5.74) is 7.12. The maximum absolute atomic E-state index is 12.9. The Balaban J connectivity index is 2.23. The zero-order valence-electron chi connectivity index (χ0n) is 9.97. The molecule has 1 unspecified atom stereocenters. The van der Waals surface area contributed by atoms with E-state index in [0.29, 0.717) is 10.5 Å². The first kappa shape index (κ1) is 13.2. The number of benzene rings is 2. The maximum Gasteiger partial charge on any atom is 0.125 e. The van der Waals surface area contributed by atoms with Crippen molar-refractivity contribution in [2.45, 2.75) is 10.6 Å². The third kappa shape index (κ3) is 3.18. The summed E-state index contributed by atoms with van der Waals surface area (Å²) >= 11 is 0. The van der Waals surface area contributed by atoms with Crippen LogP contribution in [0.4, 0.5) is 10.1 Å².